The van der Waals surface area contributed by atoms with Crippen molar-refractivity contribution in [3.05, 3.63) is 39.3 Å². The molecule has 4 heteroatoms. The van der Waals surface area contributed by atoms with E-state index in [4.69, 9.17) is 17.3 Å². The number of carbonyl (C=O) groups is 1. The zero-order chi connectivity index (χ0) is 10.6. The number of primary amides is 1. The van der Waals surface area contributed by atoms with Gasteiger partial charge in [-0.3, -0.25) is 4.79 Å². The van der Waals surface area contributed by atoms with E-state index in [9.17, 15) is 4.79 Å². The summed E-state index contributed by atoms with van der Waals surface area (Å²) in [6.45, 7) is 0. The van der Waals surface area contributed by atoms with Crippen LogP contribution in [0.4, 0.5) is 0 Å². The average Bonchev–Trinajstić information content (AvgIpc) is 2.01. The molecule has 2 nitrogen and oxygen atoms in total. The highest BCUT2D eigenvalue weighted by molar-refractivity contribution is 9.10. The van der Waals surface area contributed by atoms with Crippen LogP contribution in [-0.4, -0.2) is 5.91 Å². The third-order valence-electron chi connectivity index (χ3n) is 1.51. The minimum absolute atomic E-state index is 0.240. The number of hydrogen-bond donors (Lipinski definition) is 1. The maximum atomic E-state index is 10.5. The fraction of sp³-hybridized carbons (Fsp3) is 0.100. The molecule has 14 heavy (non-hydrogen) atoms. The molecule has 1 rings (SSSR count). The van der Waals surface area contributed by atoms with Gasteiger partial charge in [0.25, 0.3) is 0 Å². The lowest BCUT2D eigenvalue weighted by atomic mass is 10.2. The van der Waals surface area contributed by atoms with Crippen molar-refractivity contribution in [2.24, 2.45) is 5.73 Å². The van der Waals surface area contributed by atoms with Gasteiger partial charge >= 0.3 is 0 Å². The van der Waals surface area contributed by atoms with E-state index in [0.29, 0.717) is 5.02 Å². The lowest BCUT2D eigenvalue weighted by molar-refractivity contribution is -0.117. The van der Waals surface area contributed by atoms with Crippen LogP contribution in [0.2, 0.25) is 5.02 Å². The van der Waals surface area contributed by atoms with Gasteiger partial charge in [-0.15, -0.1) is 0 Å². The first-order chi connectivity index (χ1) is 6.58. The van der Waals surface area contributed by atoms with Crippen molar-refractivity contribution >= 4 is 39.5 Å². The molecule has 0 atom stereocenters. The number of nitrogens with two attached hydrogens (primary N) is 1. The van der Waals surface area contributed by atoms with Crippen LogP contribution >= 0.6 is 27.5 Å². The highest BCUT2D eigenvalue weighted by Gasteiger charge is 1.94. The summed E-state index contributed by atoms with van der Waals surface area (Å²) in [5.41, 5.74) is 5.93. The number of carbonyl (C=O) groups excluding carboxylic acids is 1. The number of halogens is 2. The molecule has 0 radical (unpaired) electrons. The normalized spacial score (nSPS) is 10.7. The van der Waals surface area contributed by atoms with Gasteiger partial charge in [0.05, 0.1) is 0 Å². The molecule has 0 saturated heterocycles. The SMILES string of the molecule is NC(=O)CC=Cc1cc(Cl)cc(Br)c1. The Hall–Kier alpha value is -0.800. The van der Waals surface area contributed by atoms with E-state index in [1.807, 2.05) is 12.1 Å². The summed E-state index contributed by atoms with van der Waals surface area (Å²) in [5, 5.41) is 0.651. The van der Waals surface area contributed by atoms with Gasteiger partial charge in [0.1, 0.15) is 0 Å². The Balaban J connectivity index is 2.76. The first kappa shape index (κ1) is 11.3. The second kappa shape index (κ2) is 5.17. The Bertz CT molecular complexity index is 356. The molecule has 1 aromatic rings. The van der Waals surface area contributed by atoms with Crippen LogP contribution in [0.25, 0.3) is 6.08 Å². The molecule has 2 N–H and O–H groups in total. The standard InChI is InChI=1S/C10H9BrClNO/c11-8-4-7(5-9(12)6-8)2-1-3-10(13)14/h1-2,4-6H,3H2,(H2,13,14). The summed E-state index contributed by atoms with van der Waals surface area (Å²) in [4.78, 5) is 10.5. The number of hydrogen-bond acceptors (Lipinski definition) is 1. The molecule has 0 spiro atoms. The lowest BCUT2D eigenvalue weighted by Crippen LogP contribution is -2.07. The van der Waals surface area contributed by atoms with Crippen LogP contribution in [0.3, 0.4) is 0 Å². The molecule has 1 aromatic carbocycles. The van der Waals surface area contributed by atoms with Crippen molar-refractivity contribution < 1.29 is 4.79 Å². The summed E-state index contributed by atoms with van der Waals surface area (Å²) >= 11 is 9.16. The largest absolute Gasteiger partial charge is 0.369 e. The number of amides is 1. The van der Waals surface area contributed by atoms with Crippen LogP contribution in [0.5, 0.6) is 0 Å². The molecule has 0 unspecified atom stereocenters. The fourth-order valence-corrected chi connectivity index (χ4v) is 1.87. The van der Waals surface area contributed by atoms with Gasteiger partial charge in [-0.05, 0) is 23.8 Å². The van der Waals surface area contributed by atoms with Crippen molar-refractivity contribution in [3.63, 3.8) is 0 Å². The molecule has 0 aliphatic heterocycles. The van der Waals surface area contributed by atoms with Crippen LogP contribution in [-0.2, 0) is 4.79 Å². The van der Waals surface area contributed by atoms with Crippen molar-refractivity contribution in [3.8, 4) is 0 Å². The van der Waals surface area contributed by atoms with Crippen molar-refractivity contribution in [2.45, 2.75) is 6.42 Å². The van der Waals surface area contributed by atoms with Crippen LogP contribution < -0.4 is 5.73 Å². The predicted molar refractivity (Wildman–Crippen MR) is 62.0 cm³/mol. The van der Waals surface area contributed by atoms with E-state index < -0.39 is 0 Å². The van der Waals surface area contributed by atoms with Crippen LogP contribution in [0, 0.1) is 0 Å². The van der Waals surface area contributed by atoms with E-state index in [2.05, 4.69) is 15.9 Å². The van der Waals surface area contributed by atoms with E-state index in [1.165, 1.54) is 0 Å². The molecule has 0 saturated carbocycles. The van der Waals surface area contributed by atoms with Gasteiger partial charge < -0.3 is 5.73 Å². The van der Waals surface area contributed by atoms with Gasteiger partial charge in [0.15, 0.2) is 0 Å². The van der Waals surface area contributed by atoms with Gasteiger partial charge in [0.2, 0.25) is 5.91 Å². The van der Waals surface area contributed by atoms with Crippen molar-refractivity contribution in [1.82, 2.24) is 0 Å². The Kier molecular flexibility index (Phi) is 4.17. The van der Waals surface area contributed by atoms with Gasteiger partial charge in [0, 0.05) is 15.9 Å². The van der Waals surface area contributed by atoms with Gasteiger partial charge in [-0.1, -0.05) is 39.7 Å². The molecule has 0 heterocycles. The fourth-order valence-electron chi connectivity index (χ4n) is 0.983. The second-order valence-electron chi connectivity index (χ2n) is 2.78. The third kappa shape index (κ3) is 3.94. The second-order valence-corrected chi connectivity index (χ2v) is 4.13. The maximum Gasteiger partial charge on any atom is 0.221 e. The van der Waals surface area contributed by atoms with E-state index in [1.54, 1.807) is 18.2 Å². The summed E-state index contributed by atoms with van der Waals surface area (Å²) in [6.07, 6.45) is 3.76. The molecule has 74 valence electrons. The smallest absolute Gasteiger partial charge is 0.221 e. The van der Waals surface area contributed by atoms with Crippen molar-refractivity contribution in [2.75, 3.05) is 0 Å². The zero-order valence-corrected chi connectivity index (χ0v) is 9.68. The molecular formula is C10H9BrClNO. The van der Waals surface area contributed by atoms with Crippen LogP contribution in [0.1, 0.15) is 12.0 Å². The minimum Gasteiger partial charge on any atom is -0.369 e. The summed E-state index contributed by atoms with van der Waals surface area (Å²) in [7, 11) is 0. The van der Waals surface area contributed by atoms with E-state index in [-0.39, 0.29) is 12.3 Å². The average molecular weight is 275 g/mol. The predicted octanol–water partition coefficient (Wildman–Crippen LogP) is 2.99. The summed E-state index contributed by atoms with van der Waals surface area (Å²) in [6, 6.07) is 5.51. The van der Waals surface area contributed by atoms with Gasteiger partial charge in [-0.25, -0.2) is 0 Å². The Labute approximate surface area is 95.9 Å². The maximum absolute atomic E-state index is 10.5. The first-order valence-corrected chi connectivity index (χ1v) is 5.16. The summed E-state index contributed by atoms with van der Waals surface area (Å²) in [5.74, 6) is -0.345. The van der Waals surface area contributed by atoms with E-state index >= 15 is 0 Å². The molecule has 0 aliphatic carbocycles. The molecule has 0 bridgehead atoms. The molecule has 0 aliphatic rings. The Morgan fingerprint density at radius 2 is 2.21 bits per heavy atom. The molecule has 0 fully saturated rings. The Morgan fingerprint density at radius 3 is 2.79 bits per heavy atom. The lowest BCUT2D eigenvalue weighted by Gasteiger charge is -1.96. The molecule has 0 aromatic heterocycles. The summed E-state index contributed by atoms with van der Waals surface area (Å²) < 4.78 is 0.906. The molecular weight excluding hydrogens is 265 g/mol. The van der Waals surface area contributed by atoms with Crippen molar-refractivity contribution in [1.29, 1.82) is 0 Å². The highest BCUT2D eigenvalue weighted by Crippen LogP contribution is 2.20. The number of rotatable bonds is 3. The van der Waals surface area contributed by atoms with Gasteiger partial charge in [-0.2, -0.15) is 0 Å². The zero-order valence-electron chi connectivity index (χ0n) is 7.34. The van der Waals surface area contributed by atoms with Crippen LogP contribution in [0.15, 0.2) is 28.7 Å². The first-order valence-electron chi connectivity index (χ1n) is 3.99. The highest BCUT2D eigenvalue weighted by atomic mass is 79.9. The topological polar surface area (TPSA) is 43.1 Å². The van der Waals surface area contributed by atoms with E-state index in [0.717, 1.165) is 10.0 Å². The Morgan fingerprint density at radius 1 is 1.50 bits per heavy atom. The monoisotopic (exact) mass is 273 g/mol. The third-order valence-corrected chi connectivity index (χ3v) is 2.19. The minimum atomic E-state index is -0.345. The quantitative estimate of drug-likeness (QED) is 0.904. The molecule has 1 amide bonds. The number of benzene rings is 1.